The van der Waals surface area contributed by atoms with Crippen LogP contribution in [0, 0.1) is 5.92 Å². The summed E-state index contributed by atoms with van der Waals surface area (Å²) in [6.45, 7) is 0.579. The molecule has 0 aromatic heterocycles. The molecule has 0 spiro atoms. The number of rotatable bonds is 3. The first-order chi connectivity index (χ1) is 7.20. The smallest absolute Gasteiger partial charge is 0.322 e. The fourth-order valence-corrected chi connectivity index (χ4v) is 1.68. The van der Waals surface area contributed by atoms with Gasteiger partial charge >= 0.3 is 11.9 Å². The molecule has 1 saturated heterocycles. The molecule has 1 unspecified atom stereocenters. The van der Waals surface area contributed by atoms with Crippen LogP contribution < -0.4 is 0 Å². The second-order valence-electron chi connectivity index (χ2n) is 3.43. The van der Waals surface area contributed by atoms with Crippen LogP contribution in [0.1, 0.15) is 19.3 Å². The third kappa shape index (κ3) is 2.92. The monoisotopic (exact) mass is 216 g/mol. The highest BCUT2D eigenvalue weighted by molar-refractivity contribution is 5.95. The summed E-state index contributed by atoms with van der Waals surface area (Å²) >= 11 is 0. The third-order valence-electron chi connectivity index (χ3n) is 2.50. The number of hydrogen-bond donors (Lipinski definition) is 0. The summed E-state index contributed by atoms with van der Waals surface area (Å²) in [7, 11) is 2.50. The number of ether oxygens (including phenoxy) is 3. The Morgan fingerprint density at radius 2 is 1.80 bits per heavy atom. The first kappa shape index (κ1) is 12.0. The van der Waals surface area contributed by atoms with E-state index in [0.717, 1.165) is 12.8 Å². The van der Waals surface area contributed by atoms with Crippen LogP contribution in [0.15, 0.2) is 0 Å². The summed E-state index contributed by atoms with van der Waals surface area (Å²) in [5.41, 5.74) is 0. The lowest BCUT2D eigenvalue weighted by atomic mass is 9.96. The minimum absolute atomic E-state index is 0.404. The van der Waals surface area contributed by atoms with Gasteiger partial charge in [0.25, 0.3) is 0 Å². The Labute approximate surface area is 88.7 Å². The van der Waals surface area contributed by atoms with Crippen LogP contribution in [0.4, 0.5) is 0 Å². The number of carbonyl (C=O) groups excluding carboxylic acids is 2. The molecule has 1 aliphatic rings. The van der Waals surface area contributed by atoms with Gasteiger partial charge in [0.1, 0.15) is 0 Å². The quantitative estimate of drug-likeness (QED) is 0.508. The maximum absolute atomic E-state index is 11.4. The number of hydrogen-bond acceptors (Lipinski definition) is 5. The third-order valence-corrected chi connectivity index (χ3v) is 2.50. The molecule has 0 aromatic rings. The Kier molecular flexibility index (Phi) is 4.55. The molecule has 86 valence electrons. The summed E-state index contributed by atoms with van der Waals surface area (Å²) in [5.74, 6) is -2.12. The van der Waals surface area contributed by atoms with Crippen molar-refractivity contribution in [1.29, 1.82) is 0 Å². The molecule has 0 N–H and O–H groups in total. The first-order valence-electron chi connectivity index (χ1n) is 4.98. The largest absolute Gasteiger partial charge is 0.468 e. The van der Waals surface area contributed by atoms with E-state index < -0.39 is 24.0 Å². The second-order valence-corrected chi connectivity index (χ2v) is 3.43. The van der Waals surface area contributed by atoms with Gasteiger partial charge in [-0.1, -0.05) is 0 Å². The highest BCUT2D eigenvalue weighted by Crippen LogP contribution is 2.22. The minimum atomic E-state index is -0.944. The van der Waals surface area contributed by atoms with Crippen LogP contribution >= 0.6 is 0 Å². The van der Waals surface area contributed by atoms with E-state index in [2.05, 4.69) is 9.47 Å². The average molecular weight is 216 g/mol. The van der Waals surface area contributed by atoms with Gasteiger partial charge in [-0.25, -0.2) is 0 Å². The van der Waals surface area contributed by atoms with Crippen molar-refractivity contribution in [2.24, 2.45) is 5.92 Å². The first-order valence-corrected chi connectivity index (χ1v) is 4.98. The Bertz CT molecular complexity index is 216. The van der Waals surface area contributed by atoms with Crippen LogP contribution in [0.2, 0.25) is 0 Å². The Morgan fingerprint density at radius 3 is 2.20 bits per heavy atom. The zero-order valence-electron chi connectivity index (χ0n) is 9.02. The van der Waals surface area contributed by atoms with Crippen LogP contribution in [0.3, 0.4) is 0 Å². The summed E-state index contributed by atoms with van der Waals surface area (Å²) in [5, 5.41) is 0. The van der Waals surface area contributed by atoms with E-state index in [1.165, 1.54) is 14.2 Å². The van der Waals surface area contributed by atoms with Crippen LogP contribution in [-0.2, 0) is 23.8 Å². The molecule has 0 aliphatic carbocycles. The summed E-state index contributed by atoms with van der Waals surface area (Å²) in [4.78, 5) is 22.8. The lowest BCUT2D eigenvalue weighted by Crippen LogP contribution is -2.40. The highest BCUT2D eigenvalue weighted by atomic mass is 16.6. The maximum Gasteiger partial charge on any atom is 0.322 e. The van der Waals surface area contributed by atoms with E-state index >= 15 is 0 Å². The van der Waals surface area contributed by atoms with Gasteiger partial charge in [0.05, 0.1) is 20.3 Å². The van der Waals surface area contributed by atoms with Crippen molar-refractivity contribution in [3.63, 3.8) is 0 Å². The second kappa shape index (κ2) is 5.70. The van der Waals surface area contributed by atoms with Gasteiger partial charge in [-0.05, 0) is 19.3 Å². The molecule has 0 amide bonds. The Balaban J connectivity index is 2.69. The van der Waals surface area contributed by atoms with Gasteiger partial charge in [0.2, 0.25) is 0 Å². The van der Waals surface area contributed by atoms with Gasteiger partial charge < -0.3 is 14.2 Å². The van der Waals surface area contributed by atoms with Crippen molar-refractivity contribution in [2.75, 3.05) is 20.8 Å². The van der Waals surface area contributed by atoms with Gasteiger partial charge in [-0.2, -0.15) is 0 Å². The van der Waals surface area contributed by atoms with Crippen molar-refractivity contribution < 1.29 is 23.8 Å². The molecule has 1 rings (SSSR count). The number of esters is 2. The molecule has 1 atom stereocenters. The van der Waals surface area contributed by atoms with E-state index in [0.29, 0.717) is 13.0 Å². The molecule has 1 heterocycles. The van der Waals surface area contributed by atoms with Gasteiger partial charge in [0.15, 0.2) is 5.92 Å². The average Bonchev–Trinajstić information content (AvgIpc) is 2.30. The molecule has 5 heteroatoms. The number of methoxy groups -OCH3 is 2. The van der Waals surface area contributed by atoms with E-state index in [-0.39, 0.29) is 0 Å². The molecule has 0 radical (unpaired) electrons. The molecule has 0 bridgehead atoms. The standard InChI is InChI=1S/C10H16O5/c1-13-9(11)8(10(12)14-2)7-5-3-4-6-15-7/h7-8H,3-6H2,1-2H3. The maximum atomic E-state index is 11.4. The zero-order valence-corrected chi connectivity index (χ0v) is 9.02. The lowest BCUT2D eigenvalue weighted by Gasteiger charge is -2.26. The predicted octanol–water partition coefficient (Wildman–Crippen LogP) is 0.518. The molecule has 1 aliphatic heterocycles. The fraction of sp³-hybridized carbons (Fsp3) is 0.800. The van der Waals surface area contributed by atoms with Crippen LogP contribution in [-0.4, -0.2) is 38.9 Å². The minimum Gasteiger partial charge on any atom is -0.468 e. The Hall–Kier alpha value is -1.10. The molecular weight excluding hydrogens is 200 g/mol. The molecule has 0 saturated carbocycles. The van der Waals surface area contributed by atoms with Crippen LogP contribution in [0.25, 0.3) is 0 Å². The highest BCUT2D eigenvalue weighted by Gasteiger charge is 2.38. The topological polar surface area (TPSA) is 61.8 Å². The summed E-state index contributed by atoms with van der Waals surface area (Å²) in [6, 6.07) is 0. The van der Waals surface area contributed by atoms with E-state index in [9.17, 15) is 9.59 Å². The molecule has 15 heavy (non-hydrogen) atoms. The normalized spacial score (nSPS) is 21.1. The lowest BCUT2D eigenvalue weighted by molar-refractivity contribution is -0.168. The predicted molar refractivity (Wildman–Crippen MR) is 51.1 cm³/mol. The van der Waals surface area contributed by atoms with Crippen molar-refractivity contribution in [3.05, 3.63) is 0 Å². The SMILES string of the molecule is COC(=O)C(C(=O)OC)C1CCCCO1. The van der Waals surface area contributed by atoms with Gasteiger partial charge in [0, 0.05) is 6.61 Å². The molecule has 5 nitrogen and oxygen atoms in total. The molecule has 0 aromatic carbocycles. The van der Waals surface area contributed by atoms with E-state index in [1.807, 2.05) is 0 Å². The van der Waals surface area contributed by atoms with E-state index in [4.69, 9.17) is 4.74 Å². The van der Waals surface area contributed by atoms with Crippen LogP contribution in [0.5, 0.6) is 0 Å². The van der Waals surface area contributed by atoms with Crippen molar-refractivity contribution in [1.82, 2.24) is 0 Å². The Morgan fingerprint density at radius 1 is 1.20 bits per heavy atom. The van der Waals surface area contributed by atoms with Crippen molar-refractivity contribution >= 4 is 11.9 Å². The fourth-order valence-electron chi connectivity index (χ4n) is 1.68. The molecule has 1 fully saturated rings. The van der Waals surface area contributed by atoms with Crippen molar-refractivity contribution in [2.45, 2.75) is 25.4 Å². The molecular formula is C10H16O5. The zero-order chi connectivity index (χ0) is 11.3. The van der Waals surface area contributed by atoms with Crippen molar-refractivity contribution in [3.8, 4) is 0 Å². The summed E-state index contributed by atoms with van der Waals surface area (Å²) < 4.78 is 14.5. The van der Waals surface area contributed by atoms with Gasteiger partial charge in [-0.15, -0.1) is 0 Å². The van der Waals surface area contributed by atoms with Gasteiger partial charge in [-0.3, -0.25) is 9.59 Å². The van der Waals surface area contributed by atoms with E-state index in [1.54, 1.807) is 0 Å². The number of carbonyl (C=O) groups is 2. The summed E-state index contributed by atoms with van der Waals surface area (Å²) in [6.07, 6.45) is 2.20.